The van der Waals surface area contributed by atoms with Gasteiger partial charge in [-0.25, -0.2) is 4.68 Å². The van der Waals surface area contributed by atoms with E-state index in [-0.39, 0.29) is 5.97 Å². The molecule has 1 atom stereocenters. The van der Waals surface area contributed by atoms with Gasteiger partial charge in [-0.15, -0.1) is 5.10 Å². The topological polar surface area (TPSA) is 73.1 Å². The van der Waals surface area contributed by atoms with Gasteiger partial charge in [0.2, 0.25) is 0 Å². The molecular weight excluding hydrogens is 254 g/mol. The molecule has 1 unspecified atom stereocenters. The number of tetrazole rings is 1. The molecular formula is C10H17N5O2S. The third kappa shape index (κ3) is 4.84. The van der Waals surface area contributed by atoms with E-state index in [1.807, 2.05) is 19.0 Å². The largest absolute Gasteiger partial charge is 0.457 e. The summed E-state index contributed by atoms with van der Waals surface area (Å²) in [6, 6.07) is 0. The molecule has 0 bridgehead atoms. The number of aromatic nitrogens is 4. The molecule has 0 aromatic carbocycles. The summed E-state index contributed by atoms with van der Waals surface area (Å²) in [7, 11) is 3.95. The van der Waals surface area contributed by atoms with E-state index >= 15 is 0 Å². The van der Waals surface area contributed by atoms with E-state index in [4.69, 9.17) is 17.0 Å². The highest BCUT2D eigenvalue weighted by Crippen LogP contribution is 2.02. The molecule has 0 aliphatic carbocycles. The van der Waals surface area contributed by atoms with Crippen molar-refractivity contribution in [1.29, 1.82) is 0 Å². The van der Waals surface area contributed by atoms with Crippen molar-refractivity contribution in [3.63, 3.8) is 0 Å². The maximum Gasteiger partial charge on any atom is 0.303 e. The molecule has 0 aliphatic heterocycles. The second-order valence-electron chi connectivity index (χ2n) is 4.11. The van der Waals surface area contributed by atoms with Crippen molar-refractivity contribution in [3.05, 3.63) is 5.82 Å². The molecule has 8 heteroatoms. The van der Waals surface area contributed by atoms with E-state index in [9.17, 15) is 4.79 Å². The van der Waals surface area contributed by atoms with Gasteiger partial charge in [-0.05, 0) is 24.5 Å². The Hall–Kier alpha value is -1.41. The molecule has 0 saturated carbocycles. The van der Waals surface area contributed by atoms with E-state index in [2.05, 4.69) is 15.5 Å². The fourth-order valence-electron chi connectivity index (χ4n) is 1.35. The fraction of sp³-hybridized carbons (Fsp3) is 0.700. The maximum atomic E-state index is 10.9. The van der Waals surface area contributed by atoms with Gasteiger partial charge in [-0.1, -0.05) is 12.2 Å². The Balaban J connectivity index is 2.62. The predicted octanol–water partition coefficient (Wildman–Crippen LogP) is -0.291. The van der Waals surface area contributed by atoms with Crippen LogP contribution in [0.1, 0.15) is 12.7 Å². The van der Waals surface area contributed by atoms with Crippen LogP contribution in [-0.2, 0) is 22.5 Å². The van der Waals surface area contributed by atoms with Crippen LogP contribution in [0.25, 0.3) is 0 Å². The van der Waals surface area contributed by atoms with Gasteiger partial charge in [0.25, 0.3) is 0 Å². The first-order chi connectivity index (χ1) is 8.52. The van der Waals surface area contributed by atoms with Crippen molar-refractivity contribution in [1.82, 2.24) is 25.1 Å². The van der Waals surface area contributed by atoms with E-state index in [1.165, 1.54) is 12.3 Å². The lowest BCUT2D eigenvalue weighted by molar-refractivity contribution is -0.143. The van der Waals surface area contributed by atoms with Crippen molar-refractivity contribution < 1.29 is 9.53 Å². The maximum absolute atomic E-state index is 10.9. The summed E-state index contributed by atoms with van der Waals surface area (Å²) >= 11 is 4.83. The second-order valence-corrected chi connectivity index (χ2v) is 4.38. The summed E-state index contributed by atoms with van der Waals surface area (Å²) in [5, 5.41) is 12.8. The van der Waals surface area contributed by atoms with Crippen LogP contribution in [-0.4, -0.2) is 63.2 Å². The second kappa shape index (κ2) is 7.12. The Morgan fingerprint density at radius 3 is 2.89 bits per heavy atom. The molecule has 1 rings (SSSR count). The highest BCUT2D eigenvalue weighted by molar-refractivity contribution is 7.79. The quantitative estimate of drug-likeness (QED) is 0.498. The first kappa shape index (κ1) is 14.7. The number of carbonyl (C=O) groups is 1. The lowest BCUT2D eigenvalue weighted by Gasteiger charge is -2.13. The summed E-state index contributed by atoms with van der Waals surface area (Å²) in [5.74, 6) is 0.289. The summed E-state index contributed by atoms with van der Waals surface area (Å²) in [6.45, 7) is 2.86. The molecule has 1 aromatic rings. The molecule has 100 valence electrons. The monoisotopic (exact) mass is 271 g/mol. The minimum atomic E-state index is -0.471. The van der Waals surface area contributed by atoms with Crippen molar-refractivity contribution in [2.24, 2.45) is 0 Å². The Labute approximate surface area is 111 Å². The number of hydrogen-bond donors (Lipinski definition) is 0. The number of ether oxygens (including phenoxy) is 1. The standard InChI is InChI=1S/C10H17N5O2S/c1-8(16)17-9(7-18)6-10-11-12-13-15(10)5-4-14(2)3/h7,9H,4-6H2,1-3H3. The van der Waals surface area contributed by atoms with Crippen LogP contribution >= 0.6 is 12.2 Å². The van der Waals surface area contributed by atoms with E-state index in [0.29, 0.717) is 18.8 Å². The summed E-state index contributed by atoms with van der Waals surface area (Å²) in [5.41, 5.74) is 0. The Kier molecular flexibility index (Phi) is 5.79. The zero-order chi connectivity index (χ0) is 13.5. The van der Waals surface area contributed by atoms with Gasteiger partial charge in [0.1, 0.15) is 6.10 Å². The van der Waals surface area contributed by atoms with E-state index < -0.39 is 6.10 Å². The van der Waals surface area contributed by atoms with Gasteiger partial charge in [-0.2, -0.15) is 0 Å². The molecule has 0 amide bonds. The lowest BCUT2D eigenvalue weighted by Crippen LogP contribution is -2.24. The Morgan fingerprint density at radius 2 is 2.33 bits per heavy atom. The van der Waals surface area contributed by atoms with Crippen molar-refractivity contribution in [2.45, 2.75) is 26.0 Å². The van der Waals surface area contributed by atoms with Crippen LogP contribution in [0.3, 0.4) is 0 Å². The minimum absolute atomic E-state index is 0.367. The lowest BCUT2D eigenvalue weighted by atomic mass is 10.2. The normalized spacial score (nSPS) is 12.4. The van der Waals surface area contributed by atoms with Gasteiger partial charge in [0.15, 0.2) is 5.82 Å². The number of nitrogens with zero attached hydrogens (tertiary/aromatic N) is 5. The summed E-state index contributed by atoms with van der Waals surface area (Å²) in [4.78, 5) is 12.9. The van der Waals surface area contributed by atoms with Crippen LogP contribution in [0.15, 0.2) is 0 Å². The third-order valence-corrected chi connectivity index (χ3v) is 2.52. The van der Waals surface area contributed by atoms with Crippen LogP contribution in [0.2, 0.25) is 0 Å². The molecule has 1 aromatic heterocycles. The van der Waals surface area contributed by atoms with Crippen LogP contribution in [0, 0.1) is 0 Å². The van der Waals surface area contributed by atoms with E-state index in [0.717, 1.165) is 6.54 Å². The molecule has 0 fully saturated rings. The molecule has 0 saturated heterocycles. The number of esters is 1. The number of hydrogen-bond acceptors (Lipinski definition) is 7. The first-order valence-corrected chi connectivity index (χ1v) is 6.02. The Morgan fingerprint density at radius 1 is 1.61 bits per heavy atom. The zero-order valence-corrected chi connectivity index (χ0v) is 11.6. The number of thiocarbonyl (C=S) groups is 1. The Bertz CT molecular complexity index is 407. The van der Waals surface area contributed by atoms with Gasteiger partial charge in [0, 0.05) is 18.8 Å². The van der Waals surface area contributed by atoms with Crippen LogP contribution in [0.4, 0.5) is 0 Å². The highest BCUT2D eigenvalue weighted by Gasteiger charge is 2.15. The van der Waals surface area contributed by atoms with Crippen molar-refractivity contribution in [3.8, 4) is 0 Å². The molecule has 0 N–H and O–H groups in total. The van der Waals surface area contributed by atoms with E-state index in [1.54, 1.807) is 4.68 Å². The third-order valence-electron chi connectivity index (χ3n) is 2.22. The zero-order valence-electron chi connectivity index (χ0n) is 10.7. The molecule has 18 heavy (non-hydrogen) atoms. The summed E-state index contributed by atoms with van der Waals surface area (Å²) < 4.78 is 6.73. The molecule has 0 spiro atoms. The van der Waals surface area contributed by atoms with Gasteiger partial charge in [0.05, 0.1) is 13.0 Å². The predicted molar refractivity (Wildman–Crippen MR) is 69.3 cm³/mol. The number of rotatable bonds is 7. The summed E-state index contributed by atoms with van der Waals surface area (Å²) in [6.07, 6.45) is -0.0784. The molecule has 7 nitrogen and oxygen atoms in total. The number of likely N-dealkylation sites (N-methyl/N-ethyl adjacent to an activating group) is 1. The van der Waals surface area contributed by atoms with Gasteiger partial charge < -0.3 is 9.64 Å². The SMILES string of the molecule is CC(=O)OC(C=S)Cc1nnnn1CCN(C)C. The van der Waals surface area contributed by atoms with Crippen molar-refractivity contribution >= 4 is 23.6 Å². The van der Waals surface area contributed by atoms with Gasteiger partial charge >= 0.3 is 5.97 Å². The van der Waals surface area contributed by atoms with Gasteiger partial charge in [-0.3, -0.25) is 4.79 Å². The minimum Gasteiger partial charge on any atom is -0.457 e. The average Bonchev–Trinajstić information content (AvgIpc) is 2.72. The molecule has 0 radical (unpaired) electrons. The molecule has 0 aliphatic rings. The van der Waals surface area contributed by atoms with Crippen LogP contribution < -0.4 is 0 Å². The number of carbonyl (C=O) groups excluding carboxylic acids is 1. The first-order valence-electron chi connectivity index (χ1n) is 5.55. The molecule has 1 heterocycles. The smallest absolute Gasteiger partial charge is 0.303 e. The van der Waals surface area contributed by atoms with Crippen LogP contribution in [0.5, 0.6) is 0 Å². The fourth-order valence-corrected chi connectivity index (χ4v) is 1.50. The highest BCUT2D eigenvalue weighted by atomic mass is 32.1. The average molecular weight is 271 g/mol. The van der Waals surface area contributed by atoms with Crippen molar-refractivity contribution in [2.75, 3.05) is 20.6 Å².